The van der Waals surface area contributed by atoms with Crippen LogP contribution in [0, 0.1) is 35.9 Å². The monoisotopic (exact) mass is 775 g/mol. The van der Waals surface area contributed by atoms with Crippen molar-refractivity contribution in [2.75, 3.05) is 13.1 Å². The van der Waals surface area contributed by atoms with Crippen LogP contribution in [0.1, 0.15) is 66.7 Å². The molecule has 3 aromatic carbocycles. The highest BCUT2D eigenvalue weighted by molar-refractivity contribution is 6.43. The number of nitrogens with one attached hydrogen (secondary N) is 1. The van der Waals surface area contributed by atoms with E-state index in [9.17, 15) is 23.2 Å². The van der Waals surface area contributed by atoms with Crippen molar-refractivity contribution in [1.29, 1.82) is 5.26 Å². The molecule has 2 aliphatic carbocycles. The molecule has 278 valence electrons. The Morgan fingerprint density at radius 2 is 1.89 bits per heavy atom. The number of nitriles is 1. The fraction of sp³-hybridized carbons (Fsp3) is 0.390. The fourth-order valence-corrected chi connectivity index (χ4v) is 9.40. The molecule has 3 saturated heterocycles. The summed E-state index contributed by atoms with van der Waals surface area (Å²) in [5, 5.41) is 15.1. The number of hydrogen-bond donors (Lipinski definition) is 1. The van der Waals surface area contributed by atoms with E-state index in [1.54, 1.807) is 18.2 Å². The third kappa shape index (κ3) is 5.80. The van der Waals surface area contributed by atoms with Crippen LogP contribution in [0.5, 0.6) is 5.75 Å². The van der Waals surface area contributed by atoms with Crippen molar-refractivity contribution in [3.8, 4) is 22.9 Å². The van der Waals surface area contributed by atoms with E-state index in [4.69, 9.17) is 32.9 Å². The first-order valence-electron chi connectivity index (χ1n) is 18.3. The normalized spacial score (nSPS) is 23.6. The number of likely N-dealkylation sites (tertiary alicyclic amines) is 1. The Morgan fingerprint density at radius 3 is 2.59 bits per heavy atom. The molecule has 2 saturated carbocycles. The van der Waals surface area contributed by atoms with E-state index in [0.29, 0.717) is 34.5 Å². The summed E-state index contributed by atoms with van der Waals surface area (Å²) in [7, 11) is 0. The quantitative estimate of drug-likeness (QED) is 0.159. The molecular weight excluding hydrogens is 741 g/mol. The first kappa shape index (κ1) is 35.3. The number of pyridine rings is 1. The van der Waals surface area contributed by atoms with Gasteiger partial charge in [-0.25, -0.2) is 9.37 Å². The Hall–Kier alpha value is -4.37. The van der Waals surface area contributed by atoms with Crippen LogP contribution in [0.2, 0.25) is 10.0 Å². The highest BCUT2D eigenvalue weighted by atomic mass is 35.5. The summed E-state index contributed by atoms with van der Waals surface area (Å²) in [5.74, 6) is -0.240. The lowest BCUT2D eigenvalue weighted by atomic mass is 9.79. The van der Waals surface area contributed by atoms with Crippen LogP contribution in [0.3, 0.4) is 0 Å². The van der Waals surface area contributed by atoms with Crippen molar-refractivity contribution in [3.63, 3.8) is 0 Å². The van der Waals surface area contributed by atoms with Gasteiger partial charge in [0.15, 0.2) is 5.82 Å². The minimum atomic E-state index is -4.52. The molecule has 13 heteroatoms. The highest BCUT2D eigenvalue weighted by Crippen LogP contribution is 2.51. The molecule has 0 unspecified atom stereocenters. The Bertz CT molecular complexity index is 2390. The molecule has 5 atom stereocenters. The van der Waals surface area contributed by atoms with E-state index >= 15 is 4.39 Å². The molecule has 1 N–H and O–H groups in total. The van der Waals surface area contributed by atoms with Crippen LogP contribution in [-0.2, 0) is 17.4 Å². The second-order valence-corrected chi connectivity index (χ2v) is 15.8. The summed E-state index contributed by atoms with van der Waals surface area (Å²) in [6.07, 6.45) is -1.73. The van der Waals surface area contributed by atoms with Crippen molar-refractivity contribution in [2.45, 2.75) is 75.9 Å². The van der Waals surface area contributed by atoms with Gasteiger partial charge in [0.25, 0.3) is 0 Å². The van der Waals surface area contributed by atoms with E-state index < -0.39 is 29.7 Å². The number of nitrogens with zero attached hydrogens (tertiary/aromatic N) is 4. The summed E-state index contributed by atoms with van der Waals surface area (Å²) >= 11 is 13.1. The second kappa shape index (κ2) is 13.1. The van der Waals surface area contributed by atoms with Crippen molar-refractivity contribution >= 4 is 50.9 Å². The van der Waals surface area contributed by atoms with Gasteiger partial charge in [-0.2, -0.15) is 18.4 Å². The molecule has 7 nitrogen and oxygen atoms in total. The van der Waals surface area contributed by atoms with Crippen LogP contribution < -0.4 is 10.1 Å². The number of alkyl halides is 3. The molecule has 5 aliphatic rings. The molecule has 2 bridgehead atoms. The summed E-state index contributed by atoms with van der Waals surface area (Å²) in [6, 6.07) is 15.8. The number of amides is 1. The largest absolute Gasteiger partial charge is 0.488 e. The van der Waals surface area contributed by atoms with Crippen LogP contribution in [-0.4, -0.2) is 45.6 Å². The van der Waals surface area contributed by atoms with E-state index in [-0.39, 0.29) is 70.2 Å². The summed E-state index contributed by atoms with van der Waals surface area (Å²) < 4.78 is 66.4. The Kier molecular flexibility index (Phi) is 8.60. The predicted octanol–water partition coefficient (Wildman–Crippen LogP) is 9.75. The van der Waals surface area contributed by atoms with Gasteiger partial charge in [-0.05, 0) is 80.5 Å². The number of rotatable bonds is 8. The Labute approximate surface area is 318 Å². The number of halogens is 6. The van der Waals surface area contributed by atoms with Gasteiger partial charge in [0.1, 0.15) is 17.4 Å². The average Bonchev–Trinajstić information content (AvgIpc) is 3.42. The van der Waals surface area contributed by atoms with Gasteiger partial charge >= 0.3 is 6.18 Å². The lowest BCUT2D eigenvalue weighted by Crippen LogP contribution is -2.41. The number of aryl methyl sites for hydroxylation is 2. The molecule has 2 aromatic heterocycles. The lowest BCUT2D eigenvalue weighted by Gasteiger charge is -2.39. The van der Waals surface area contributed by atoms with Crippen LogP contribution in [0.4, 0.5) is 17.6 Å². The van der Waals surface area contributed by atoms with Crippen molar-refractivity contribution in [3.05, 3.63) is 93.0 Å². The smallest absolute Gasteiger partial charge is 0.416 e. The van der Waals surface area contributed by atoms with Gasteiger partial charge in [0.2, 0.25) is 5.91 Å². The van der Waals surface area contributed by atoms with Crippen molar-refractivity contribution in [1.82, 2.24) is 19.8 Å². The molecule has 0 radical (unpaired) electrons. The van der Waals surface area contributed by atoms with Gasteiger partial charge in [-0.15, -0.1) is 0 Å². The van der Waals surface area contributed by atoms with Crippen LogP contribution >= 0.6 is 23.2 Å². The highest BCUT2D eigenvalue weighted by Gasteiger charge is 2.51. The molecule has 10 rings (SSSR count). The van der Waals surface area contributed by atoms with E-state index in [1.165, 1.54) is 12.1 Å². The van der Waals surface area contributed by atoms with Crippen molar-refractivity contribution < 1.29 is 27.1 Å². The van der Waals surface area contributed by atoms with E-state index in [2.05, 4.69) is 22.0 Å². The van der Waals surface area contributed by atoms with Gasteiger partial charge in [-0.1, -0.05) is 41.4 Å². The van der Waals surface area contributed by atoms with Crippen molar-refractivity contribution in [2.24, 2.45) is 11.8 Å². The third-order valence-electron chi connectivity index (χ3n) is 11.7. The molecule has 5 fully saturated rings. The number of carbonyl (C=O) groups is 1. The molecular formula is C41H35Cl2F4N5O2. The molecule has 1 amide bonds. The Morgan fingerprint density at radius 1 is 1.09 bits per heavy atom. The van der Waals surface area contributed by atoms with Gasteiger partial charge in [0, 0.05) is 64.6 Å². The topological polar surface area (TPSA) is 83.2 Å². The molecule has 5 heterocycles. The maximum absolute atomic E-state index is 17.2. The molecule has 54 heavy (non-hydrogen) atoms. The molecule has 5 aromatic rings. The van der Waals surface area contributed by atoms with Gasteiger partial charge < -0.3 is 19.5 Å². The lowest BCUT2D eigenvalue weighted by molar-refractivity contribution is -0.137. The summed E-state index contributed by atoms with van der Waals surface area (Å²) in [4.78, 5) is 20.7. The number of ether oxygens (including phenoxy) is 1. The third-order valence-corrected chi connectivity index (χ3v) is 12.5. The molecule has 0 spiro atoms. The van der Waals surface area contributed by atoms with E-state index in [0.717, 1.165) is 54.5 Å². The van der Waals surface area contributed by atoms with E-state index in [1.807, 2.05) is 17.9 Å². The second-order valence-electron chi connectivity index (χ2n) is 15.1. The number of fused-ring (bicyclic) bond motifs is 4. The number of hydrogen-bond acceptors (Lipinski definition) is 5. The fourth-order valence-electron chi connectivity index (χ4n) is 9.01. The minimum Gasteiger partial charge on any atom is -0.488 e. The minimum absolute atomic E-state index is 0.00855. The zero-order chi connectivity index (χ0) is 37.6. The summed E-state index contributed by atoms with van der Waals surface area (Å²) in [5.41, 5.74) is 2.92. The maximum Gasteiger partial charge on any atom is 0.416 e. The average molecular weight is 777 g/mol. The number of aromatic nitrogens is 2. The van der Waals surface area contributed by atoms with Gasteiger partial charge in [-0.3, -0.25) is 4.79 Å². The standard InChI is InChI=1S/C41H35Cl2F4N5O2/c1-20-28-17-33(32-16-26(19-51(32)40(53)21-10-11-21)54-25-7-2-6-24(15-25)41(45,46)47)52(38-23-14-31(38)49-18-23)39(28)29-13-22(5-4-12-48)34(36(44)37(29)50-20)27-8-3-9-30(42)35(27)43/h2-3,6-9,13,15,17,21,23,26,31-32,38,49H,4-5,10-11,14,16,18-19H2,1H3/t23-,26+,31-,32-,38+/m1/s1. The van der Waals surface area contributed by atoms with Crippen LogP contribution in [0.15, 0.2) is 54.6 Å². The zero-order valence-corrected chi connectivity index (χ0v) is 30.7. The number of benzene rings is 3. The number of carbonyl (C=O) groups excluding carboxylic acids is 1. The SMILES string of the molecule is Cc1nc2c(F)c(-c3cccc(Cl)c3Cl)c(CCC#N)cc2c2c1cc([C@H]1C[C@H](Oc3cccc(C(F)(F)F)c3)CN1C(=O)C1CC1)n2[C@H]1[C@H]2CN[C@@H]1C2. The maximum atomic E-state index is 17.2. The predicted molar refractivity (Wildman–Crippen MR) is 198 cm³/mol. The molecule has 3 aliphatic heterocycles. The van der Waals surface area contributed by atoms with Gasteiger partial charge in [0.05, 0.1) is 45.8 Å². The Balaban J connectivity index is 1.23. The first-order chi connectivity index (χ1) is 25.9. The summed E-state index contributed by atoms with van der Waals surface area (Å²) in [6.45, 7) is 2.90. The van der Waals surface area contributed by atoms with Crippen LogP contribution in [0.25, 0.3) is 32.9 Å². The first-order valence-corrected chi connectivity index (χ1v) is 19.0. The zero-order valence-electron chi connectivity index (χ0n) is 29.2.